The Labute approximate surface area is 136 Å². The summed E-state index contributed by atoms with van der Waals surface area (Å²) in [7, 11) is 1.62. The van der Waals surface area contributed by atoms with Gasteiger partial charge in [0, 0.05) is 42.1 Å². The Morgan fingerprint density at radius 3 is 2.73 bits per heavy atom. The van der Waals surface area contributed by atoms with Crippen molar-refractivity contribution in [2.24, 2.45) is 0 Å². The lowest BCUT2D eigenvalue weighted by Crippen LogP contribution is -2.15. The lowest BCUT2D eigenvalue weighted by Gasteiger charge is -2.18. The predicted octanol–water partition coefficient (Wildman–Crippen LogP) is 3.82. The molecule has 0 fully saturated rings. The van der Waals surface area contributed by atoms with Crippen LogP contribution in [0.25, 0.3) is 0 Å². The number of ether oxygens (including phenoxy) is 2. The van der Waals surface area contributed by atoms with E-state index in [1.54, 1.807) is 19.4 Å². The topological polar surface area (TPSA) is 43.4 Å². The molecular weight excluding hydrogens is 300 g/mol. The third-order valence-electron chi connectivity index (χ3n) is 3.04. The molecule has 118 valence electrons. The first-order valence-corrected chi connectivity index (χ1v) is 7.60. The van der Waals surface area contributed by atoms with Crippen molar-refractivity contribution >= 4 is 11.6 Å². The molecule has 0 spiro atoms. The van der Waals surface area contributed by atoms with Crippen LogP contribution in [0.1, 0.15) is 25.0 Å². The highest BCUT2D eigenvalue weighted by atomic mass is 35.5. The molecule has 1 aromatic carbocycles. The highest BCUT2D eigenvalue weighted by Crippen LogP contribution is 2.35. The van der Waals surface area contributed by atoms with E-state index < -0.39 is 0 Å². The van der Waals surface area contributed by atoms with E-state index >= 15 is 0 Å². The quantitative estimate of drug-likeness (QED) is 0.842. The van der Waals surface area contributed by atoms with Gasteiger partial charge in [0.15, 0.2) is 11.5 Å². The molecule has 0 atom stereocenters. The molecule has 1 heterocycles. The van der Waals surface area contributed by atoms with Crippen LogP contribution in [0.3, 0.4) is 0 Å². The van der Waals surface area contributed by atoms with Crippen LogP contribution < -0.4 is 14.8 Å². The average Bonchev–Trinajstić information content (AvgIpc) is 2.50. The van der Waals surface area contributed by atoms with Crippen LogP contribution >= 0.6 is 11.6 Å². The summed E-state index contributed by atoms with van der Waals surface area (Å²) in [5.41, 5.74) is 2.10. The standard InChI is InChI=1S/C17H21ClN2O2/c1-12(2)22-17-14(7-15(18)8-16(17)21-3)11-20-10-13-5-4-6-19-9-13/h4-9,12,20H,10-11H2,1-3H3. The molecule has 0 unspecified atom stereocenters. The van der Waals surface area contributed by atoms with Gasteiger partial charge in [-0.3, -0.25) is 4.98 Å². The Kier molecular flexibility index (Phi) is 6.04. The van der Waals surface area contributed by atoms with Gasteiger partial charge in [-0.2, -0.15) is 0 Å². The van der Waals surface area contributed by atoms with E-state index in [1.165, 1.54) is 0 Å². The van der Waals surface area contributed by atoms with Crippen molar-refractivity contribution in [2.45, 2.75) is 33.0 Å². The Bertz CT molecular complexity index is 603. The summed E-state index contributed by atoms with van der Waals surface area (Å²) in [4.78, 5) is 4.10. The van der Waals surface area contributed by atoms with Crippen LogP contribution in [0.4, 0.5) is 0 Å². The fraction of sp³-hybridized carbons (Fsp3) is 0.353. The lowest BCUT2D eigenvalue weighted by atomic mass is 10.1. The van der Waals surface area contributed by atoms with E-state index in [0.29, 0.717) is 17.3 Å². The van der Waals surface area contributed by atoms with Gasteiger partial charge in [-0.15, -0.1) is 0 Å². The van der Waals surface area contributed by atoms with E-state index in [-0.39, 0.29) is 6.10 Å². The summed E-state index contributed by atoms with van der Waals surface area (Å²) in [6.45, 7) is 5.33. The fourth-order valence-electron chi connectivity index (χ4n) is 2.12. The summed E-state index contributed by atoms with van der Waals surface area (Å²) in [6, 6.07) is 7.62. The molecule has 0 amide bonds. The van der Waals surface area contributed by atoms with E-state index in [1.807, 2.05) is 38.2 Å². The van der Waals surface area contributed by atoms with Crippen LogP contribution in [0.2, 0.25) is 5.02 Å². The molecule has 1 aromatic heterocycles. The van der Waals surface area contributed by atoms with Crippen molar-refractivity contribution in [1.29, 1.82) is 0 Å². The molecule has 1 N–H and O–H groups in total. The second-order valence-electron chi connectivity index (χ2n) is 5.23. The number of methoxy groups -OCH3 is 1. The Morgan fingerprint density at radius 1 is 1.27 bits per heavy atom. The molecule has 2 aromatic rings. The summed E-state index contributed by atoms with van der Waals surface area (Å²) >= 11 is 6.16. The summed E-state index contributed by atoms with van der Waals surface area (Å²) in [5, 5.41) is 4.01. The summed E-state index contributed by atoms with van der Waals surface area (Å²) in [6.07, 6.45) is 3.67. The molecule has 0 aliphatic carbocycles. The summed E-state index contributed by atoms with van der Waals surface area (Å²) < 4.78 is 11.3. The smallest absolute Gasteiger partial charge is 0.166 e. The maximum Gasteiger partial charge on any atom is 0.166 e. The van der Waals surface area contributed by atoms with E-state index in [4.69, 9.17) is 21.1 Å². The van der Waals surface area contributed by atoms with Gasteiger partial charge in [-0.1, -0.05) is 17.7 Å². The first-order chi connectivity index (χ1) is 10.6. The van der Waals surface area contributed by atoms with Crippen molar-refractivity contribution in [1.82, 2.24) is 10.3 Å². The molecule has 0 bridgehead atoms. The molecular formula is C17H21ClN2O2. The van der Waals surface area contributed by atoms with Crippen LogP contribution in [-0.2, 0) is 13.1 Å². The maximum atomic E-state index is 6.16. The minimum Gasteiger partial charge on any atom is -0.493 e. The van der Waals surface area contributed by atoms with Crippen LogP contribution in [0.5, 0.6) is 11.5 Å². The van der Waals surface area contributed by atoms with Gasteiger partial charge in [0.1, 0.15) is 0 Å². The number of aromatic nitrogens is 1. The zero-order chi connectivity index (χ0) is 15.9. The predicted molar refractivity (Wildman–Crippen MR) is 88.5 cm³/mol. The van der Waals surface area contributed by atoms with Gasteiger partial charge >= 0.3 is 0 Å². The largest absolute Gasteiger partial charge is 0.493 e. The van der Waals surface area contributed by atoms with Gasteiger partial charge in [-0.05, 0) is 31.5 Å². The van der Waals surface area contributed by atoms with E-state index in [2.05, 4.69) is 10.3 Å². The van der Waals surface area contributed by atoms with Crippen molar-refractivity contribution in [2.75, 3.05) is 7.11 Å². The third kappa shape index (κ3) is 4.61. The molecule has 0 saturated carbocycles. The molecule has 0 radical (unpaired) electrons. The molecule has 5 heteroatoms. The number of benzene rings is 1. The van der Waals surface area contributed by atoms with Gasteiger partial charge < -0.3 is 14.8 Å². The van der Waals surface area contributed by atoms with Crippen molar-refractivity contribution in [3.05, 3.63) is 52.8 Å². The maximum absolute atomic E-state index is 6.16. The van der Waals surface area contributed by atoms with Crippen LogP contribution in [0.15, 0.2) is 36.7 Å². The van der Waals surface area contributed by atoms with Crippen LogP contribution in [0, 0.1) is 0 Å². The molecule has 0 saturated heterocycles. The number of hydrogen-bond acceptors (Lipinski definition) is 4. The second kappa shape index (κ2) is 8.01. The number of pyridine rings is 1. The minimum atomic E-state index is 0.0622. The second-order valence-corrected chi connectivity index (χ2v) is 5.66. The average molecular weight is 321 g/mol. The normalized spacial score (nSPS) is 10.8. The molecule has 0 aliphatic rings. The van der Waals surface area contributed by atoms with Crippen molar-refractivity contribution in [3.8, 4) is 11.5 Å². The molecule has 22 heavy (non-hydrogen) atoms. The van der Waals surface area contributed by atoms with Crippen molar-refractivity contribution in [3.63, 3.8) is 0 Å². The number of rotatable bonds is 7. The zero-order valence-electron chi connectivity index (χ0n) is 13.1. The third-order valence-corrected chi connectivity index (χ3v) is 3.26. The fourth-order valence-corrected chi connectivity index (χ4v) is 2.35. The van der Waals surface area contributed by atoms with Gasteiger partial charge in [0.2, 0.25) is 0 Å². The van der Waals surface area contributed by atoms with Gasteiger partial charge in [-0.25, -0.2) is 0 Å². The molecule has 0 aliphatic heterocycles. The number of hydrogen-bond donors (Lipinski definition) is 1. The van der Waals surface area contributed by atoms with Crippen LogP contribution in [-0.4, -0.2) is 18.2 Å². The minimum absolute atomic E-state index is 0.0622. The Balaban J connectivity index is 2.12. The lowest BCUT2D eigenvalue weighted by molar-refractivity contribution is 0.227. The Hall–Kier alpha value is -1.78. The van der Waals surface area contributed by atoms with Crippen molar-refractivity contribution < 1.29 is 9.47 Å². The van der Waals surface area contributed by atoms with Gasteiger partial charge in [0.25, 0.3) is 0 Å². The number of halogens is 1. The summed E-state index contributed by atoms with van der Waals surface area (Å²) in [5.74, 6) is 1.39. The molecule has 2 rings (SSSR count). The first-order valence-electron chi connectivity index (χ1n) is 7.23. The van der Waals surface area contributed by atoms with Gasteiger partial charge in [0.05, 0.1) is 13.2 Å². The Morgan fingerprint density at radius 2 is 2.09 bits per heavy atom. The highest BCUT2D eigenvalue weighted by Gasteiger charge is 2.14. The highest BCUT2D eigenvalue weighted by molar-refractivity contribution is 6.30. The monoisotopic (exact) mass is 320 g/mol. The zero-order valence-corrected chi connectivity index (χ0v) is 13.9. The number of nitrogens with zero attached hydrogens (tertiary/aromatic N) is 1. The SMILES string of the molecule is COc1cc(Cl)cc(CNCc2cccnc2)c1OC(C)C. The van der Waals surface area contributed by atoms with E-state index in [9.17, 15) is 0 Å². The number of nitrogens with one attached hydrogen (secondary N) is 1. The first kappa shape index (κ1) is 16.6. The van der Waals surface area contributed by atoms with E-state index in [0.717, 1.165) is 23.4 Å². The molecule has 4 nitrogen and oxygen atoms in total.